The van der Waals surface area contributed by atoms with Gasteiger partial charge in [0.25, 0.3) is 5.69 Å². The van der Waals surface area contributed by atoms with Crippen molar-refractivity contribution in [3.63, 3.8) is 0 Å². The second kappa shape index (κ2) is 4.26. The molecule has 1 aromatic carbocycles. The van der Waals surface area contributed by atoms with Crippen LogP contribution in [0.25, 0.3) is 0 Å². The molecule has 0 heterocycles. The van der Waals surface area contributed by atoms with Crippen molar-refractivity contribution >= 4 is 23.2 Å². The minimum absolute atomic E-state index is 0.0348. The molecule has 0 saturated carbocycles. The summed E-state index contributed by atoms with van der Waals surface area (Å²) >= 11 is 0. The van der Waals surface area contributed by atoms with Crippen LogP contribution in [0.5, 0.6) is 0 Å². The van der Waals surface area contributed by atoms with E-state index < -0.39 is 10.7 Å². The van der Waals surface area contributed by atoms with Crippen LogP contribution in [0.15, 0.2) is 23.2 Å². The quantitative estimate of drug-likeness (QED) is 0.248. The van der Waals surface area contributed by atoms with E-state index in [1.54, 1.807) is 0 Å². The minimum Gasteiger partial charge on any atom is -0.294 e. The van der Waals surface area contributed by atoms with Gasteiger partial charge in [-0.3, -0.25) is 14.9 Å². The number of nitro groups is 1. The van der Waals surface area contributed by atoms with Crippen LogP contribution in [0.3, 0.4) is 0 Å². The van der Waals surface area contributed by atoms with Gasteiger partial charge in [-0.2, -0.15) is 4.99 Å². The van der Waals surface area contributed by atoms with Crippen molar-refractivity contribution < 1.29 is 14.5 Å². The van der Waals surface area contributed by atoms with Crippen LogP contribution < -0.4 is 0 Å². The highest BCUT2D eigenvalue weighted by atomic mass is 16.6. The number of hydrogen-bond donors (Lipinski definition) is 0. The molecule has 6 nitrogen and oxygen atoms in total. The molecule has 1 rings (SSSR count). The van der Waals surface area contributed by atoms with E-state index in [-0.39, 0.29) is 16.9 Å². The zero-order valence-corrected chi connectivity index (χ0v) is 7.76. The Labute approximate surface area is 84.4 Å². The van der Waals surface area contributed by atoms with Gasteiger partial charge in [-0.15, -0.1) is 0 Å². The van der Waals surface area contributed by atoms with Gasteiger partial charge in [-0.1, -0.05) is 0 Å². The molecule has 0 unspecified atom stereocenters. The number of nitro benzene ring substituents is 1. The SMILES string of the molecule is CC(=O)c1cc([N+](=O)[O-])ccc1N=C=O. The Morgan fingerprint density at radius 3 is 2.67 bits per heavy atom. The van der Waals surface area contributed by atoms with Crippen molar-refractivity contribution in [3.8, 4) is 0 Å². The summed E-state index contributed by atoms with van der Waals surface area (Å²) in [5, 5.41) is 10.4. The smallest absolute Gasteiger partial charge is 0.270 e. The number of non-ortho nitro benzene ring substituents is 1. The van der Waals surface area contributed by atoms with E-state index in [9.17, 15) is 19.7 Å². The van der Waals surface area contributed by atoms with Crippen molar-refractivity contribution in [2.45, 2.75) is 6.92 Å². The van der Waals surface area contributed by atoms with Crippen LogP contribution in [-0.4, -0.2) is 16.8 Å². The summed E-state index contributed by atoms with van der Waals surface area (Å²) < 4.78 is 0. The van der Waals surface area contributed by atoms with E-state index in [1.807, 2.05) is 0 Å². The highest BCUT2D eigenvalue weighted by Gasteiger charge is 2.13. The van der Waals surface area contributed by atoms with E-state index in [0.29, 0.717) is 0 Å². The van der Waals surface area contributed by atoms with Crippen molar-refractivity contribution in [1.82, 2.24) is 0 Å². The van der Waals surface area contributed by atoms with Gasteiger partial charge in [0.2, 0.25) is 6.08 Å². The fourth-order valence-electron chi connectivity index (χ4n) is 1.07. The first kappa shape index (κ1) is 10.7. The van der Waals surface area contributed by atoms with Gasteiger partial charge >= 0.3 is 0 Å². The van der Waals surface area contributed by atoms with Crippen LogP contribution in [0, 0.1) is 10.1 Å². The summed E-state index contributed by atoms with van der Waals surface area (Å²) in [4.78, 5) is 34.2. The lowest BCUT2D eigenvalue weighted by Crippen LogP contribution is -1.95. The number of benzene rings is 1. The maximum absolute atomic E-state index is 11.1. The molecule has 1 aromatic rings. The first-order valence-corrected chi connectivity index (χ1v) is 3.93. The van der Waals surface area contributed by atoms with Crippen LogP contribution in [0.1, 0.15) is 17.3 Å². The third-order valence-electron chi connectivity index (χ3n) is 1.74. The lowest BCUT2D eigenvalue weighted by atomic mass is 10.1. The van der Waals surface area contributed by atoms with Crippen LogP contribution in [0.2, 0.25) is 0 Å². The average Bonchev–Trinajstić information content (AvgIpc) is 2.18. The first-order chi connectivity index (χ1) is 7.06. The second-order valence-electron chi connectivity index (χ2n) is 2.72. The Balaban J connectivity index is 3.39. The van der Waals surface area contributed by atoms with E-state index in [2.05, 4.69) is 4.99 Å². The predicted octanol–water partition coefficient (Wildman–Crippen LogP) is 1.76. The third-order valence-corrected chi connectivity index (χ3v) is 1.74. The molecule has 0 aliphatic carbocycles. The summed E-state index contributed by atoms with van der Waals surface area (Å²) in [6.07, 6.45) is 1.28. The van der Waals surface area contributed by atoms with E-state index >= 15 is 0 Å². The van der Waals surface area contributed by atoms with Crippen molar-refractivity contribution in [2.75, 3.05) is 0 Å². The molecule has 0 N–H and O–H groups in total. The summed E-state index contributed by atoms with van der Waals surface area (Å²) in [5.41, 5.74) is -0.0966. The number of aliphatic imine (C=N–C) groups is 1. The summed E-state index contributed by atoms with van der Waals surface area (Å²) in [7, 11) is 0. The number of hydrogen-bond acceptors (Lipinski definition) is 5. The Morgan fingerprint density at radius 2 is 2.20 bits per heavy atom. The van der Waals surface area contributed by atoms with Gasteiger partial charge in [-0.25, -0.2) is 4.79 Å². The first-order valence-electron chi connectivity index (χ1n) is 3.93. The van der Waals surface area contributed by atoms with Crippen molar-refractivity contribution in [2.24, 2.45) is 4.99 Å². The number of nitrogens with zero attached hydrogens (tertiary/aromatic N) is 2. The van der Waals surface area contributed by atoms with E-state index in [0.717, 1.165) is 6.07 Å². The predicted molar refractivity (Wildman–Crippen MR) is 50.9 cm³/mol. The van der Waals surface area contributed by atoms with Crippen molar-refractivity contribution in [1.29, 1.82) is 0 Å². The molecule has 0 aromatic heterocycles. The molecule has 0 spiro atoms. The number of carbonyl (C=O) groups excluding carboxylic acids is 2. The number of carbonyl (C=O) groups is 1. The molecule has 0 fully saturated rings. The standard InChI is InChI=1S/C9H6N2O4/c1-6(13)8-4-7(11(14)15)2-3-9(8)10-5-12/h2-4H,1H3. The Bertz CT molecular complexity index is 475. The highest BCUT2D eigenvalue weighted by molar-refractivity contribution is 5.99. The molecule has 0 aliphatic rings. The van der Waals surface area contributed by atoms with Gasteiger partial charge in [0.15, 0.2) is 5.78 Å². The molecular formula is C9H6N2O4. The molecule has 0 atom stereocenters. The van der Waals surface area contributed by atoms with Crippen LogP contribution in [-0.2, 0) is 4.79 Å². The molecule has 0 saturated heterocycles. The number of rotatable bonds is 3. The Hall–Kier alpha value is -2.33. The van der Waals surface area contributed by atoms with Gasteiger partial charge in [0, 0.05) is 12.1 Å². The summed E-state index contributed by atoms with van der Waals surface area (Å²) in [5.74, 6) is -0.396. The summed E-state index contributed by atoms with van der Waals surface area (Å²) in [6, 6.07) is 3.49. The molecule has 76 valence electrons. The molecule has 0 aliphatic heterocycles. The maximum atomic E-state index is 11.1. The normalized spacial score (nSPS) is 9.13. The monoisotopic (exact) mass is 206 g/mol. The minimum atomic E-state index is -0.624. The number of ketones is 1. The van der Waals surface area contributed by atoms with E-state index in [1.165, 1.54) is 25.1 Å². The molecule has 0 radical (unpaired) electrons. The fourth-order valence-corrected chi connectivity index (χ4v) is 1.07. The summed E-state index contributed by atoms with van der Waals surface area (Å²) in [6.45, 7) is 1.24. The largest absolute Gasteiger partial charge is 0.294 e. The zero-order valence-electron chi connectivity index (χ0n) is 7.76. The van der Waals surface area contributed by atoms with Gasteiger partial charge in [-0.05, 0) is 13.0 Å². The van der Waals surface area contributed by atoms with Crippen molar-refractivity contribution in [3.05, 3.63) is 33.9 Å². The van der Waals surface area contributed by atoms with Gasteiger partial charge in [0.05, 0.1) is 16.2 Å². The molecule has 0 amide bonds. The highest BCUT2D eigenvalue weighted by Crippen LogP contribution is 2.24. The van der Waals surface area contributed by atoms with Crippen LogP contribution in [0.4, 0.5) is 11.4 Å². The van der Waals surface area contributed by atoms with Gasteiger partial charge < -0.3 is 0 Å². The molecule has 6 heteroatoms. The Morgan fingerprint density at radius 1 is 1.53 bits per heavy atom. The lowest BCUT2D eigenvalue weighted by Gasteiger charge is -1.99. The fraction of sp³-hybridized carbons (Fsp3) is 0.111. The zero-order chi connectivity index (χ0) is 11.4. The molecule has 0 bridgehead atoms. The maximum Gasteiger partial charge on any atom is 0.270 e. The lowest BCUT2D eigenvalue weighted by molar-refractivity contribution is -0.384. The third kappa shape index (κ3) is 2.32. The topological polar surface area (TPSA) is 89.6 Å². The Kier molecular flexibility index (Phi) is 3.05. The van der Waals surface area contributed by atoms with Gasteiger partial charge in [0.1, 0.15) is 0 Å². The average molecular weight is 206 g/mol. The van der Waals surface area contributed by atoms with Crippen LogP contribution >= 0.6 is 0 Å². The van der Waals surface area contributed by atoms with E-state index in [4.69, 9.17) is 0 Å². The number of isocyanates is 1. The molecular weight excluding hydrogens is 200 g/mol. The second-order valence-corrected chi connectivity index (χ2v) is 2.72. The number of Topliss-reactive ketones (excluding diaryl/α,β-unsaturated/α-hetero) is 1. The molecule has 15 heavy (non-hydrogen) atoms.